The number of hydrogen-bond acceptors (Lipinski definition) is 4. The predicted octanol–water partition coefficient (Wildman–Crippen LogP) is 1.69. The van der Waals surface area contributed by atoms with Crippen LogP contribution in [0.5, 0.6) is 5.75 Å². The lowest BCUT2D eigenvalue weighted by molar-refractivity contribution is 0.314. The van der Waals surface area contributed by atoms with E-state index in [-0.39, 0.29) is 0 Å². The molecule has 0 fully saturated rings. The van der Waals surface area contributed by atoms with Gasteiger partial charge in [0, 0.05) is 13.6 Å². The third-order valence-corrected chi connectivity index (χ3v) is 3.13. The van der Waals surface area contributed by atoms with Crippen molar-refractivity contribution in [3.05, 3.63) is 34.8 Å². The molecule has 0 aromatic carbocycles. The highest BCUT2D eigenvalue weighted by Gasteiger charge is 1.96. The topological polar surface area (TPSA) is 39.1 Å². The molecule has 2 aromatic rings. The first-order valence-corrected chi connectivity index (χ1v) is 6.62. The second-order valence-electron chi connectivity index (χ2n) is 3.83. The number of thiophene rings is 1. The zero-order chi connectivity index (χ0) is 11.9. The molecule has 4 nitrogen and oxygen atoms in total. The van der Waals surface area contributed by atoms with Crippen LogP contribution in [0.1, 0.15) is 5.56 Å². The number of aromatic nitrogens is 2. The van der Waals surface area contributed by atoms with Crippen molar-refractivity contribution in [3.8, 4) is 5.75 Å². The Hall–Kier alpha value is -1.33. The molecule has 92 valence electrons. The fourth-order valence-corrected chi connectivity index (χ4v) is 2.21. The number of ether oxygens (including phenoxy) is 1. The van der Waals surface area contributed by atoms with Gasteiger partial charge in [-0.15, -0.1) is 0 Å². The Labute approximate surface area is 105 Å². The van der Waals surface area contributed by atoms with Crippen LogP contribution in [0.4, 0.5) is 0 Å². The van der Waals surface area contributed by atoms with Gasteiger partial charge in [0.2, 0.25) is 0 Å². The molecule has 0 aliphatic heterocycles. The first-order valence-electron chi connectivity index (χ1n) is 5.68. The lowest BCUT2D eigenvalue weighted by atomic mass is 10.2. The van der Waals surface area contributed by atoms with E-state index in [0.29, 0.717) is 6.61 Å². The van der Waals surface area contributed by atoms with Crippen molar-refractivity contribution < 1.29 is 4.74 Å². The Morgan fingerprint density at radius 3 is 3.12 bits per heavy atom. The summed E-state index contributed by atoms with van der Waals surface area (Å²) in [5.41, 5.74) is 1.40. The Kier molecular flexibility index (Phi) is 4.58. The standard InChI is InChI=1S/C12H17N3OS/c1-15-9-12(8-14-15)16-6-5-13-4-2-11-3-7-17-10-11/h3,7-10,13H,2,4-6H2,1H3. The van der Waals surface area contributed by atoms with E-state index in [1.807, 2.05) is 13.2 Å². The smallest absolute Gasteiger partial charge is 0.157 e. The van der Waals surface area contributed by atoms with Gasteiger partial charge in [0.05, 0.1) is 12.4 Å². The van der Waals surface area contributed by atoms with Gasteiger partial charge in [-0.3, -0.25) is 4.68 Å². The highest BCUT2D eigenvalue weighted by molar-refractivity contribution is 7.07. The van der Waals surface area contributed by atoms with Crippen molar-refractivity contribution in [3.63, 3.8) is 0 Å². The Morgan fingerprint density at radius 1 is 1.47 bits per heavy atom. The molecule has 5 heteroatoms. The second-order valence-corrected chi connectivity index (χ2v) is 4.61. The van der Waals surface area contributed by atoms with E-state index in [4.69, 9.17) is 4.74 Å². The molecule has 0 saturated heterocycles. The van der Waals surface area contributed by atoms with Crippen LogP contribution in [0.15, 0.2) is 29.2 Å². The van der Waals surface area contributed by atoms with Crippen LogP contribution in [0.2, 0.25) is 0 Å². The Balaban J connectivity index is 1.52. The van der Waals surface area contributed by atoms with Gasteiger partial charge in [-0.1, -0.05) is 0 Å². The highest BCUT2D eigenvalue weighted by atomic mass is 32.1. The zero-order valence-corrected chi connectivity index (χ0v) is 10.7. The summed E-state index contributed by atoms with van der Waals surface area (Å²) in [6, 6.07) is 2.17. The van der Waals surface area contributed by atoms with Gasteiger partial charge < -0.3 is 10.1 Å². The van der Waals surface area contributed by atoms with Gasteiger partial charge in [0.1, 0.15) is 6.61 Å². The van der Waals surface area contributed by atoms with Crippen molar-refractivity contribution in [2.75, 3.05) is 19.7 Å². The molecule has 0 radical (unpaired) electrons. The van der Waals surface area contributed by atoms with Gasteiger partial charge in [-0.05, 0) is 35.4 Å². The monoisotopic (exact) mass is 251 g/mol. The molecule has 17 heavy (non-hydrogen) atoms. The van der Waals surface area contributed by atoms with E-state index in [9.17, 15) is 0 Å². The Morgan fingerprint density at radius 2 is 2.41 bits per heavy atom. The average Bonchev–Trinajstić information content (AvgIpc) is 2.95. The molecular weight excluding hydrogens is 234 g/mol. The number of hydrogen-bond donors (Lipinski definition) is 1. The van der Waals surface area contributed by atoms with Crippen LogP contribution in [-0.2, 0) is 13.5 Å². The number of nitrogens with one attached hydrogen (secondary N) is 1. The molecule has 2 heterocycles. The van der Waals surface area contributed by atoms with E-state index in [1.54, 1.807) is 22.2 Å². The zero-order valence-electron chi connectivity index (χ0n) is 9.93. The molecule has 0 unspecified atom stereocenters. The lowest BCUT2D eigenvalue weighted by Crippen LogP contribution is -2.23. The van der Waals surface area contributed by atoms with E-state index in [2.05, 4.69) is 27.2 Å². The van der Waals surface area contributed by atoms with Crippen LogP contribution in [0.25, 0.3) is 0 Å². The van der Waals surface area contributed by atoms with Gasteiger partial charge in [0.25, 0.3) is 0 Å². The SMILES string of the molecule is Cn1cc(OCCNCCc2ccsc2)cn1. The fraction of sp³-hybridized carbons (Fsp3) is 0.417. The van der Waals surface area contributed by atoms with Crippen molar-refractivity contribution in [1.82, 2.24) is 15.1 Å². The minimum Gasteiger partial charge on any atom is -0.489 e. The van der Waals surface area contributed by atoms with Gasteiger partial charge in [0.15, 0.2) is 5.75 Å². The molecule has 0 aliphatic carbocycles. The van der Waals surface area contributed by atoms with E-state index in [0.717, 1.165) is 25.3 Å². The summed E-state index contributed by atoms with van der Waals surface area (Å²) in [6.45, 7) is 2.53. The maximum absolute atomic E-state index is 5.52. The summed E-state index contributed by atoms with van der Waals surface area (Å²) in [5.74, 6) is 0.826. The molecule has 0 saturated carbocycles. The predicted molar refractivity (Wildman–Crippen MR) is 69.6 cm³/mol. The third kappa shape index (κ3) is 4.20. The van der Waals surface area contributed by atoms with Crippen molar-refractivity contribution in [1.29, 1.82) is 0 Å². The van der Waals surface area contributed by atoms with E-state index < -0.39 is 0 Å². The summed E-state index contributed by atoms with van der Waals surface area (Å²) >= 11 is 1.75. The van der Waals surface area contributed by atoms with E-state index >= 15 is 0 Å². The maximum atomic E-state index is 5.52. The lowest BCUT2D eigenvalue weighted by Gasteiger charge is -2.04. The summed E-state index contributed by atoms with van der Waals surface area (Å²) in [7, 11) is 1.88. The third-order valence-electron chi connectivity index (χ3n) is 2.40. The van der Waals surface area contributed by atoms with Crippen molar-refractivity contribution >= 4 is 11.3 Å². The largest absolute Gasteiger partial charge is 0.489 e. The Bertz CT molecular complexity index is 425. The molecular formula is C12H17N3OS. The number of nitrogens with zero attached hydrogens (tertiary/aromatic N) is 2. The second kappa shape index (κ2) is 6.42. The van der Waals surface area contributed by atoms with Gasteiger partial charge in [-0.2, -0.15) is 16.4 Å². The minimum absolute atomic E-state index is 0.676. The quantitative estimate of drug-likeness (QED) is 0.761. The maximum Gasteiger partial charge on any atom is 0.157 e. The van der Waals surface area contributed by atoms with E-state index in [1.165, 1.54) is 5.56 Å². The minimum atomic E-state index is 0.676. The van der Waals surface area contributed by atoms with Gasteiger partial charge >= 0.3 is 0 Å². The molecule has 2 rings (SSSR count). The van der Waals surface area contributed by atoms with Crippen molar-refractivity contribution in [2.24, 2.45) is 7.05 Å². The number of aryl methyl sites for hydroxylation is 1. The normalized spacial score (nSPS) is 10.6. The number of rotatable bonds is 7. The molecule has 0 amide bonds. The first kappa shape index (κ1) is 12.1. The van der Waals surface area contributed by atoms with Crippen LogP contribution in [0.3, 0.4) is 0 Å². The van der Waals surface area contributed by atoms with Gasteiger partial charge in [-0.25, -0.2) is 0 Å². The van der Waals surface area contributed by atoms with Crippen LogP contribution >= 0.6 is 11.3 Å². The molecule has 2 aromatic heterocycles. The summed E-state index contributed by atoms with van der Waals surface area (Å²) in [5, 5.41) is 11.7. The highest BCUT2D eigenvalue weighted by Crippen LogP contribution is 2.06. The van der Waals surface area contributed by atoms with Crippen molar-refractivity contribution in [2.45, 2.75) is 6.42 Å². The average molecular weight is 251 g/mol. The summed E-state index contributed by atoms with van der Waals surface area (Å²) in [4.78, 5) is 0. The van der Waals surface area contributed by atoms with Crippen LogP contribution in [0, 0.1) is 0 Å². The fourth-order valence-electron chi connectivity index (χ4n) is 1.51. The summed E-state index contributed by atoms with van der Waals surface area (Å²) in [6.07, 6.45) is 4.67. The van der Waals surface area contributed by atoms with Crippen LogP contribution in [-0.4, -0.2) is 29.5 Å². The van der Waals surface area contributed by atoms with Crippen LogP contribution < -0.4 is 10.1 Å². The first-order chi connectivity index (χ1) is 8.34. The molecule has 0 atom stereocenters. The molecule has 0 spiro atoms. The summed E-state index contributed by atoms with van der Waals surface area (Å²) < 4.78 is 7.26. The molecule has 1 N–H and O–H groups in total. The molecule has 0 aliphatic rings. The molecule has 0 bridgehead atoms.